The van der Waals surface area contributed by atoms with Crippen molar-refractivity contribution in [3.8, 4) is 0 Å². The highest BCUT2D eigenvalue weighted by molar-refractivity contribution is 5.97. The Labute approximate surface area is 281 Å². The van der Waals surface area contributed by atoms with Gasteiger partial charge in [0.25, 0.3) is 0 Å². The van der Waals surface area contributed by atoms with E-state index in [2.05, 4.69) is 0 Å². The average molecular weight is 697 g/mol. The molecule has 6 rings (SSSR count). The van der Waals surface area contributed by atoms with Gasteiger partial charge < -0.3 is 59.1 Å². The van der Waals surface area contributed by atoms with Crippen LogP contribution in [-0.4, -0.2) is 135 Å². The van der Waals surface area contributed by atoms with E-state index in [9.17, 15) is 49.8 Å². The lowest BCUT2D eigenvalue weighted by molar-refractivity contribution is -0.296. The predicted octanol–water partition coefficient (Wildman–Crippen LogP) is -1.98. The van der Waals surface area contributed by atoms with Crippen LogP contribution in [0.3, 0.4) is 0 Å². The number of rotatable bonds is 7. The van der Waals surface area contributed by atoms with E-state index < -0.39 is 126 Å². The van der Waals surface area contributed by atoms with E-state index in [1.807, 2.05) is 6.92 Å². The van der Waals surface area contributed by atoms with Crippen molar-refractivity contribution >= 4 is 23.7 Å². The third kappa shape index (κ3) is 4.86. The van der Waals surface area contributed by atoms with Crippen molar-refractivity contribution < 1.29 is 78.2 Å². The van der Waals surface area contributed by atoms with E-state index in [0.29, 0.717) is 12.0 Å². The Morgan fingerprint density at radius 2 is 1.76 bits per heavy atom. The number of aliphatic hydroxyl groups is 6. The van der Waals surface area contributed by atoms with Gasteiger partial charge >= 0.3 is 17.9 Å². The summed E-state index contributed by atoms with van der Waals surface area (Å²) >= 11 is 0. The molecule has 272 valence electrons. The van der Waals surface area contributed by atoms with Crippen LogP contribution in [0.15, 0.2) is 23.5 Å². The molecule has 2 bridgehead atoms. The fourth-order valence-electron chi connectivity index (χ4n) is 9.64. The molecule has 0 aromatic rings. The van der Waals surface area contributed by atoms with Gasteiger partial charge in [0, 0.05) is 23.3 Å². The topological polar surface area (TPSA) is 245 Å². The fraction of sp³-hybridized carbons (Fsp3) is 0.758. The summed E-state index contributed by atoms with van der Waals surface area (Å²) in [6.45, 7) is 5.78. The lowest BCUT2D eigenvalue weighted by atomic mass is 9.38. The van der Waals surface area contributed by atoms with Gasteiger partial charge in [-0.15, -0.1) is 0 Å². The van der Waals surface area contributed by atoms with Crippen molar-refractivity contribution in [2.45, 2.75) is 101 Å². The Balaban J connectivity index is 1.48. The summed E-state index contributed by atoms with van der Waals surface area (Å²) in [6, 6.07) is 0. The lowest BCUT2D eigenvalue weighted by Gasteiger charge is -2.67. The highest BCUT2D eigenvalue weighted by atomic mass is 16.7. The number of hydrogen-bond donors (Lipinski definition) is 6. The Morgan fingerprint density at radius 1 is 1.06 bits per heavy atom. The second kappa shape index (κ2) is 12.4. The van der Waals surface area contributed by atoms with Crippen molar-refractivity contribution in [3.63, 3.8) is 0 Å². The number of hydrogen-bond acceptors (Lipinski definition) is 16. The van der Waals surface area contributed by atoms with Gasteiger partial charge in [-0.05, 0) is 37.2 Å². The summed E-state index contributed by atoms with van der Waals surface area (Å²) < 4.78 is 34.2. The van der Waals surface area contributed by atoms with Gasteiger partial charge in [0.1, 0.15) is 36.6 Å². The maximum absolute atomic E-state index is 13.8. The largest absolute Gasteiger partial charge is 0.467 e. The maximum atomic E-state index is 13.8. The first-order chi connectivity index (χ1) is 23.0. The molecule has 16 nitrogen and oxygen atoms in total. The summed E-state index contributed by atoms with van der Waals surface area (Å²) in [7, 11) is 1.06. The molecule has 0 aromatic heterocycles. The molecule has 6 N–H and O–H groups in total. The number of carbonyl (C=O) groups excluding carboxylic acids is 4. The molecule has 16 atom stereocenters. The van der Waals surface area contributed by atoms with Crippen LogP contribution in [0, 0.1) is 34.5 Å². The number of ketones is 1. The Kier molecular flexibility index (Phi) is 9.05. The normalized spacial score (nSPS) is 48.8. The van der Waals surface area contributed by atoms with Crippen molar-refractivity contribution in [2.24, 2.45) is 34.5 Å². The van der Waals surface area contributed by atoms with Gasteiger partial charge in [0.15, 0.2) is 11.5 Å². The second-order valence-corrected chi connectivity index (χ2v) is 14.4. The van der Waals surface area contributed by atoms with E-state index in [4.69, 9.17) is 28.4 Å². The van der Waals surface area contributed by atoms with Crippen LogP contribution >= 0.6 is 0 Å². The first-order valence-corrected chi connectivity index (χ1v) is 16.5. The number of carbonyl (C=O) groups is 4. The number of esters is 3. The molecular formula is C33H44O16. The molecule has 16 heteroatoms. The van der Waals surface area contributed by atoms with Crippen LogP contribution in [-0.2, 0) is 47.6 Å². The number of aliphatic hydroxyl groups excluding tert-OH is 6. The number of methoxy groups -OCH3 is 1. The zero-order chi connectivity index (χ0) is 36.0. The van der Waals surface area contributed by atoms with Gasteiger partial charge in [-0.25, -0.2) is 14.4 Å². The molecule has 1 spiro atoms. The number of Topliss-reactive ketones (excluding diaryl/α,β-unsaturated/α-hetero) is 1. The van der Waals surface area contributed by atoms with Gasteiger partial charge in [-0.3, -0.25) is 4.79 Å². The van der Waals surface area contributed by atoms with E-state index in [0.717, 1.165) is 7.11 Å². The van der Waals surface area contributed by atoms with Crippen LogP contribution in [0.2, 0.25) is 0 Å². The Hall–Kier alpha value is -2.96. The van der Waals surface area contributed by atoms with E-state index >= 15 is 0 Å². The van der Waals surface area contributed by atoms with Crippen LogP contribution in [0.25, 0.3) is 0 Å². The fourth-order valence-corrected chi connectivity index (χ4v) is 9.64. The number of ether oxygens (including phenoxy) is 6. The minimum Gasteiger partial charge on any atom is -0.467 e. The SMILES string of the molecule is CC/C(C)=C/C(=O)O[C@H]1C(=O)O[C@@H]2C[C@H]3[C@H](C)C(=O)C(O[C@@H]4O[C@H](CO)[C@@H](O)[C@H](O)[C@H]4O)=C[C@]3(C)[C@H]3[C@@H](O)[C@H](O)[C@@]4(C(=O)OC)OC[C@]32[C@@H]14. The molecule has 3 aliphatic heterocycles. The van der Waals surface area contributed by atoms with Crippen molar-refractivity contribution in [1.29, 1.82) is 0 Å². The monoisotopic (exact) mass is 696 g/mol. The first kappa shape index (κ1) is 35.9. The molecule has 3 heterocycles. The third-order valence-electron chi connectivity index (χ3n) is 12.1. The van der Waals surface area contributed by atoms with E-state index in [-0.39, 0.29) is 18.8 Å². The standard InChI is InChI=1S/C33H44O16/c1-6-12(2)7-18(35)49-24-26-32-11-45-33(26,30(43)44-5)27(41)23(40)25(32)31(4)9-15(19(36)13(3)14(31)8-17(32)48-28(24)42)46-29-22(39)21(38)20(37)16(10-34)47-29/h7,9,13-14,16-17,20-27,29,34,37-41H,6,8,10-11H2,1-5H3/b12-7+/t13-,14-,16+,17+,20+,21-,22+,23+,24+,25+,26+,27-,29+,31-,32+,33-/m0/s1. The molecule has 2 saturated carbocycles. The third-order valence-corrected chi connectivity index (χ3v) is 12.1. The molecular weight excluding hydrogens is 652 g/mol. The zero-order valence-electron chi connectivity index (χ0n) is 27.8. The lowest BCUT2D eigenvalue weighted by Crippen LogP contribution is -2.79. The van der Waals surface area contributed by atoms with Crippen LogP contribution in [0.5, 0.6) is 0 Å². The molecule has 6 aliphatic rings. The van der Waals surface area contributed by atoms with E-state index in [1.54, 1.807) is 20.8 Å². The quantitative estimate of drug-likeness (QED) is 0.0960. The average Bonchev–Trinajstić information content (AvgIpc) is 3.38. The summed E-state index contributed by atoms with van der Waals surface area (Å²) in [4.78, 5) is 54.2. The molecule has 3 saturated heterocycles. The number of fused-ring (bicyclic) bond motifs is 2. The summed E-state index contributed by atoms with van der Waals surface area (Å²) in [5.41, 5.74) is -4.44. The summed E-state index contributed by atoms with van der Waals surface area (Å²) in [5.74, 6) is -7.83. The highest BCUT2D eigenvalue weighted by Gasteiger charge is 2.85. The Morgan fingerprint density at radius 3 is 2.39 bits per heavy atom. The van der Waals surface area contributed by atoms with Crippen LogP contribution in [0.4, 0.5) is 0 Å². The molecule has 0 aromatic carbocycles. The molecule has 0 amide bonds. The Bertz CT molecular complexity index is 1460. The van der Waals surface area contributed by atoms with Gasteiger partial charge in [-0.2, -0.15) is 0 Å². The highest BCUT2D eigenvalue weighted by Crippen LogP contribution is 2.72. The number of allylic oxidation sites excluding steroid dienone is 3. The molecule has 0 radical (unpaired) electrons. The van der Waals surface area contributed by atoms with E-state index in [1.165, 1.54) is 12.2 Å². The molecule has 0 unspecified atom stereocenters. The van der Waals surface area contributed by atoms with Gasteiger partial charge in [0.05, 0.1) is 32.3 Å². The summed E-state index contributed by atoms with van der Waals surface area (Å²) in [6.07, 6.45) is -11.6. The predicted molar refractivity (Wildman–Crippen MR) is 159 cm³/mol. The minimum atomic E-state index is -2.34. The van der Waals surface area contributed by atoms with Gasteiger partial charge in [-0.1, -0.05) is 26.3 Å². The van der Waals surface area contributed by atoms with Crippen molar-refractivity contribution in [2.75, 3.05) is 20.3 Å². The zero-order valence-corrected chi connectivity index (χ0v) is 27.8. The maximum Gasteiger partial charge on any atom is 0.348 e. The summed E-state index contributed by atoms with van der Waals surface area (Å²) in [5, 5.41) is 64.7. The van der Waals surface area contributed by atoms with Crippen LogP contribution < -0.4 is 0 Å². The van der Waals surface area contributed by atoms with Crippen molar-refractivity contribution in [3.05, 3.63) is 23.5 Å². The van der Waals surface area contributed by atoms with Crippen molar-refractivity contribution in [1.82, 2.24) is 0 Å². The second-order valence-electron chi connectivity index (χ2n) is 14.4. The molecule has 49 heavy (non-hydrogen) atoms. The molecule has 5 fully saturated rings. The molecule has 3 aliphatic carbocycles. The first-order valence-electron chi connectivity index (χ1n) is 16.5. The minimum absolute atomic E-state index is 0.0465. The van der Waals surface area contributed by atoms with Crippen LogP contribution in [0.1, 0.15) is 40.5 Å². The van der Waals surface area contributed by atoms with Gasteiger partial charge in [0.2, 0.25) is 18.0 Å². The smallest absolute Gasteiger partial charge is 0.348 e.